The van der Waals surface area contributed by atoms with Crippen molar-refractivity contribution in [3.8, 4) is 11.3 Å². The van der Waals surface area contributed by atoms with Crippen molar-refractivity contribution in [1.82, 2.24) is 10.2 Å². The Morgan fingerprint density at radius 1 is 1.21 bits per heavy atom. The number of thioether (sulfide) groups is 1. The molecule has 0 fully saturated rings. The monoisotopic (exact) mass is 273 g/mol. The number of benzene rings is 1. The fraction of sp³-hybridized carbons (Fsp3) is 0.214. The highest BCUT2D eigenvalue weighted by molar-refractivity contribution is 7.99. The van der Waals surface area contributed by atoms with E-state index in [4.69, 9.17) is 5.73 Å². The van der Waals surface area contributed by atoms with Crippen LogP contribution in [0.2, 0.25) is 0 Å². The summed E-state index contributed by atoms with van der Waals surface area (Å²) in [5, 5.41) is 9.01. The zero-order valence-electron chi connectivity index (χ0n) is 10.9. The molecule has 0 saturated heterocycles. The minimum atomic E-state index is -0.356. The van der Waals surface area contributed by atoms with Gasteiger partial charge >= 0.3 is 0 Å². The third kappa shape index (κ3) is 3.54. The van der Waals surface area contributed by atoms with Crippen LogP contribution in [0.5, 0.6) is 0 Å². The Labute approximate surface area is 116 Å². The first-order valence-corrected chi connectivity index (χ1v) is 6.87. The van der Waals surface area contributed by atoms with Gasteiger partial charge in [-0.2, -0.15) is 0 Å². The number of nitrogens with two attached hydrogens (primary N) is 1. The minimum absolute atomic E-state index is 0.220. The summed E-state index contributed by atoms with van der Waals surface area (Å²) in [6.07, 6.45) is 0. The molecule has 2 rings (SSSR count). The number of nitrogens with zero attached hydrogens (tertiary/aromatic N) is 2. The molecule has 98 valence electrons. The molecular weight excluding hydrogens is 258 g/mol. The van der Waals surface area contributed by atoms with E-state index in [1.165, 1.54) is 17.3 Å². The van der Waals surface area contributed by atoms with Gasteiger partial charge < -0.3 is 5.73 Å². The third-order valence-electron chi connectivity index (χ3n) is 2.67. The Hall–Kier alpha value is -1.88. The number of hydrogen-bond acceptors (Lipinski definition) is 4. The van der Waals surface area contributed by atoms with Gasteiger partial charge in [0.2, 0.25) is 5.91 Å². The van der Waals surface area contributed by atoms with E-state index >= 15 is 0 Å². The van der Waals surface area contributed by atoms with E-state index < -0.39 is 0 Å². The van der Waals surface area contributed by atoms with Crippen molar-refractivity contribution < 1.29 is 4.79 Å². The molecule has 0 aliphatic rings. The molecule has 4 nitrogen and oxygen atoms in total. The Kier molecular flexibility index (Phi) is 4.16. The van der Waals surface area contributed by atoms with Gasteiger partial charge in [-0.25, -0.2) is 0 Å². The summed E-state index contributed by atoms with van der Waals surface area (Å²) in [5.41, 5.74) is 9.36. The van der Waals surface area contributed by atoms with Crippen molar-refractivity contribution in [2.24, 2.45) is 5.73 Å². The number of rotatable bonds is 4. The van der Waals surface area contributed by atoms with Crippen molar-refractivity contribution in [2.45, 2.75) is 18.9 Å². The molecule has 19 heavy (non-hydrogen) atoms. The van der Waals surface area contributed by atoms with Gasteiger partial charge in [0, 0.05) is 5.56 Å². The fourth-order valence-corrected chi connectivity index (χ4v) is 2.25. The van der Waals surface area contributed by atoms with E-state index in [2.05, 4.69) is 28.4 Å². The Morgan fingerprint density at radius 3 is 2.63 bits per heavy atom. The molecule has 0 atom stereocenters. The molecule has 0 aliphatic heterocycles. The van der Waals surface area contributed by atoms with Crippen molar-refractivity contribution in [3.05, 3.63) is 41.5 Å². The molecule has 1 heterocycles. The lowest BCUT2D eigenvalue weighted by Gasteiger charge is -2.06. The van der Waals surface area contributed by atoms with Gasteiger partial charge in [-0.05, 0) is 37.6 Å². The second-order valence-electron chi connectivity index (χ2n) is 4.33. The lowest BCUT2D eigenvalue weighted by molar-refractivity contribution is -0.115. The summed E-state index contributed by atoms with van der Waals surface area (Å²) in [5.74, 6) is -0.136. The summed E-state index contributed by atoms with van der Waals surface area (Å²) >= 11 is 1.29. The second kappa shape index (κ2) is 5.84. The predicted molar refractivity (Wildman–Crippen MR) is 76.9 cm³/mol. The second-order valence-corrected chi connectivity index (χ2v) is 5.33. The summed E-state index contributed by atoms with van der Waals surface area (Å²) in [7, 11) is 0. The molecular formula is C14H15N3OS. The van der Waals surface area contributed by atoms with Crippen LogP contribution in [0.15, 0.2) is 35.4 Å². The first-order chi connectivity index (χ1) is 9.06. The fourth-order valence-electron chi connectivity index (χ4n) is 1.70. The molecule has 1 aromatic heterocycles. The van der Waals surface area contributed by atoms with Crippen LogP contribution >= 0.6 is 11.8 Å². The van der Waals surface area contributed by atoms with E-state index in [1.54, 1.807) is 0 Å². The molecule has 1 amide bonds. The predicted octanol–water partition coefficient (Wildman–Crippen LogP) is 2.34. The molecule has 0 unspecified atom stereocenters. The highest BCUT2D eigenvalue weighted by Crippen LogP contribution is 2.23. The zero-order valence-corrected chi connectivity index (χ0v) is 11.7. The average molecular weight is 273 g/mol. The number of aryl methyl sites for hydroxylation is 2. The Bertz CT molecular complexity index is 596. The Morgan fingerprint density at radius 2 is 2.00 bits per heavy atom. The number of carbonyl (C=O) groups is 1. The number of primary amides is 1. The van der Waals surface area contributed by atoms with E-state index in [0.717, 1.165) is 16.8 Å². The summed E-state index contributed by atoms with van der Waals surface area (Å²) in [6.45, 7) is 4.10. The maximum Gasteiger partial charge on any atom is 0.227 e. The van der Waals surface area contributed by atoms with Crippen LogP contribution in [0.25, 0.3) is 11.3 Å². The van der Waals surface area contributed by atoms with Crippen LogP contribution in [-0.2, 0) is 4.79 Å². The maximum atomic E-state index is 10.7. The van der Waals surface area contributed by atoms with Crippen molar-refractivity contribution >= 4 is 17.7 Å². The zero-order chi connectivity index (χ0) is 13.8. The van der Waals surface area contributed by atoms with Gasteiger partial charge in [0.15, 0.2) is 0 Å². The van der Waals surface area contributed by atoms with Crippen LogP contribution in [0.1, 0.15) is 11.1 Å². The van der Waals surface area contributed by atoms with Gasteiger partial charge in [-0.3, -0.25) is 4.79 Å². The smallest absolute Gasteiger partial charge is 0.227 e. The van der Waals surface area contributed by atoms with Gasteiger partial charge in [-0.15, -0.1) is 10.2 Å². The lowest BCUT2D eigenvalue weighted by atomic mass is 10.0. The molecule has 1 aromatic carbocycles. The van der Waals surface area contributed by atoms with Gasteiger partial charge in [0.25, 0.3) is 0 Å². The van der Waals surface area contributed by atoms with Gasteiger partial charge in [-0.1, -0.05) is 29.5 Å². The Balaban J connectivity index is 2.22. The van der Waals surface area contributed by atoms with E-state index in [1.807, 2.05) is 26.0 Å². The summed E-state index contributed by atoms with van der Waals surface area (Å²) in [6, 6.07) is 10.0. The summed E-state index contributed by atoms with van der Waals surface area (Å²) in [4.78, 5) is 10.7. The van der Waals surface area contributed by atoms with Crippen LogP contribution in [0.4, 0.5) is 0 Å². The van der Waals surface area contributed by atoms with Crippen LogP contribution < -0.4 is 5.73 Å². The van der Waals surface area contributed by atoms with Crippen molar-refractivity contribution in [1.29, 1.82) is 0 Å². The number of amides is 1. The normalized spacial score (nSPS) is 10.4. The molecule has 2 aromatic rings. The largest absolute Gasteiger partial charge is 0.369 e. The average Bonchev–Trinajstić information content (AvgIpc) is 2.40. The van der Waals surface area contributed by atoms with E-state index in [-0.39, 0.29) is 11.7 Å². The van der Waals surface area contributed by atoms with E-state index in [9.17, 15) is 4.79 Å². The van der Waals surface area contributed by atoms with Crippen LogP contribution in [0.3, 0.4) is 0 Å². The first-order valence-electron chi connectivity index (χ1n) is 5.89. The highest BCUT2D eigenvalue weighted by Gasteiger charge is 2.06. The van der Waals surface area contributed by atoms with Gasteiger partial charge in [0.05, 0.1) is 11.4 Å². The minimum Gasteiger partial charge on any atom is -0.369 e. The molecule has 0 aliphatic carbocycles. The molecule has 0 spiro atoms. The number of aromatic nitrogens is 2. The molecule has 0 radical (unpaired) electrons. The van der Waals surface area contributed by atoms with Crippen molar-refractivity contribution in [2.75, 3.05) is 5.75 Å². The molecule has 5 heteroatoms. The topological polar surface area (TPSA) is 68.9 Å². The molecule has 0 bridgehead atoms. The molecule has 2 N–H and O–H groups in total. The van der Waals surface area contributed by atoms with Crippen molar-refractivity contribution in [3.63, 3.8) is 0 Å². The molecule has 0 saturated carbocycles. The standard InChI is InChI=1S/C14H15N3OS/c1-9-3-4-10(2)11(7-9)12-5-6-14(17-16-12)19-8-13(15)18/h3-7H,8H2,1-2H3,(H2,15,18). The van der Waals surface area contributed by atoms with E-state index in [0.29, 0.717) is 5.03 Å². The number of carbonyl (C=O) groups excluding carboxylic acids is 1. The summed E-state index contributed by atoms with van der Waals surface area (Å²) < 4.78 is 0. The number of hydrogen-bond donors (Lipinski definition) is 1. The quantitative estimate of drug-likeness (QED) is 0.868. The highest BCUT2D eigenvalue weighted by atomic mass is 32.2. The SMILES string of the molecule is Cc1ccc(C)c(-c2ccc(SCC(N)=O)nn2)c1. The third-order valence-corrected chi connectivity index (χ3v) is 3.61. The maximum absolute atomic E-state index is 10.7. The first kappa shape index (κ1) is 13.5. The van der Waals surface area contributed by atoms with Crippen LogP contribution in [-0.4, -0.2) is 21.9 Å². The lowest BCUT2D eigenvalue weighted by Crippen LogP contribution is -2.13. The van der Waals surface area contributed by atoms with Gasteiger partial charge in [0.1, 0.15) is 5.03 Å². The van der Waals surface area contributed by atoms with Crippen LogP contribution in [0, 0.1) is 13.8 Å².